The Labute approximate surface area is 189 Å². The number of fused-ring (bicyclic) bond motifs is 1. The van der Waals surface area contributed by atoms with E-state index in [2.05, 4.69) is 15.3 Å². The molecular formula is C24H22FN3O5. The molecule has 2 aromatic heterocycles. The number of nitrogens with zero attached hydrogens (tertiary/aromatic N) is 2. The molecule has 1 aliphatic heterocycles. The molecule has 1 amide bonds. The summed E-state index contributed by atoms with van der Waals surface area (Å²) in [5, 5.41) is 3.43. The SMILES string of the molecule is CC(=O)OC1COCCC1NC(=O)c1cc(Cc2ccc(C=O)nc2)c2cccc(F)c2n1. The van der Waals surface area contributed by atoms with Gasteiger partial charge in [0.05, 0.1) is 12.6 Å². The summed E-state index contributed by atoms with van der Waals surface area (Å²) in [6, 6.07) is 9.14. The van der Waals surface area contributed by atoms with Crippen molar-refractivity contribution in [2.75, 3.05) is 13.2 Å². The fraction of sp³-hybridized carbons (Fsp3) is 0.292. The van der Waals surface area contributed by atoms with Crippen LogP contribution in [0.3, 0.4) is 0 Å². The van der Waals surface area contributed by atoms with Crippen molar-refractivity contribution in [3.05, 3.63) is 70.9 Å². The molecule has 1 aromatic carbocycles. The number of aldehydes is 1. The molecule has 0 aliphatic carbocycles. The standard InChI is InChI=1S/C24H22FN3O5/c1-14(30)33-22-13-32-8-7-20(22)28-24(31)21-10-16(9-15-5-6-17(12-29)26-11-15)18-3-2-4-19(25)23(18)27-21/h2-6,10-12,20,22H,7-9,13H2,1H3,(H,28,31). The van der Waals surface area contributed by atoms with Crippen LogP contribution < -0.4 is 5.32 Å². The first-order chi connectivity index (χ1) is 15.9. The van der Waals surface area contributed by atoms with E-state index in [9.17, 15) is 18.8 Å². The van der Waals surface area contributed by atoms with Crippen molar-refractivity contribution in [3.8, 4) is 0 Å². The lowest BCUT2D eigenvalue weighted by atomic mass is 10.00. The maximum absolute atomic E-state index is 14.6. The van der Waals surface area contributed by atoms with Gasteiger partial charge in [0, 0.05) is 25.1 Å². The maximum atomic E-state index is 14.6. The Balaban J connectivity index is 1.65. The molecule has 170 valence electrons. The summed E-state index contributed by atoms with van der Waals surface area (Å²) >= 11 is 0. The number of esters is 1. The fourth-order valence-corrected chi connectivity index (χ4v) is 3.82. The second kappa shape index (κ2) is 9.83. The number of hydrogen-bond donors (Lipinski definition) is 1. The molecule has 1 saturated heterocycles. The lowest BCUT2D eigenvalue weighted by Gasteiger charge is -2.31. The molecule has 0 bridgehead atoms. The van der Waals surface area contributed by atoms with Crippen LogP contribution in [0.5, 0.6) is 0 Å². The molecule has 0 spiro atoms. The van der Waals surface area contributed by atoms with Gasteiger partial charge in [0.2, 0.25) is 0 Å². The minimum atomic E-state index is -0.612. The van der Waals surface area contributed by atoms with E-state index in [1.165, 1.54) is 13.0 Å². The number of nitrogens with one attached hydrogen (secondary N) is 1. The molecule has 0 saturated carbocycles. The van der Waals surface area contributed by atoms with E-state index in [0.29, 0.717) is 42.4 Å². The number of para-hydroxylation sites is 1. The molecule has 2 atom stereocenters. The van der Waals surface area contributed by atoms with Crippen molar-refractivity contribution in [1.82, 2.24) is 15.3 Å². The number of halogens is 1. The van der Waals surface area contributed by atoms with Gasteiger partial charge in [0.1, 0.15) is 28.8 Å². The molecule has 3 aromatic rings. The average molecular weight is 451 g/mol. The van der Waals surface area contributed by atoms with Gasteiger partial charge in [-0.25, -0.2) is 9.37 Å². The van der Waals surface area contributed by atoms with Gasteiger partial charge in [0.25, 0.3) is 5.91 Å². The van der Waals surface area contributed by atoms with Crippen LogP contribution in [0.15, 0.2) is 42.6 Å². The third-order valence-electron chi connectivity index (χ3n) is 5.41. The topological polar surface area (TPSA) is 107 Å². The normalized spacial score (nSPS) is 18.0. The zero-order valence-electron chi connectivity index (χ0n) is 17.9. The van der Waals surface area contributed by atoms with Gasteiger partial charge in [-0.05, 0) is 42.2 Å². The highest BCUT2D eigenvalue weighted by Crippen LogP contribution is 2.24. The molecule has 2 unspecified atom stereocenters. The number of benzene rings is 1. The molecule has 1 aliphatic rings. The smallest absolute Gasteiger partial charge is 0.303 e. The highest BCUT2D eigenvalue weighted by molar-refractivity contribution is 5.96. The van der Waals surface area contributed by atoms with E-state index in [1.54, 1.807) is 36.5 Å². The minimum Gasteiger partial charge on any atom is -0.458 e. The van der Waals surface area contributed by atoms with Gasteiger partial charge in [-0.15, -0.1) is 0 Å². The van der Waals surface area contributed by atoms with Gasteiger partial charge in [0.15, 0.2) is 6.29 Å². The molecule has 8 nitrogen and oxygen atoms in total. The number of aromatic nitrogens is 2. The Morgan fingerprint density at radius 1 is 1.30 bits per heavy atom. The lowest BCUT2D eigenvalue weighted by molar-refractivity contribution is -0.154. The van der Waals surface area contributed by atoms with E-state index in [0.717, 1.165) is 5.56 Å². The Morgan fingerprint density at radius 3 is 2.88 bits per heavy atom. The summed E-state index contributed by atoms with van der Waals surface area (Å²) in [5.74, 6) is -1.51. The van der Waals surface area contributed by atoms with Gasteiger partial charge >= 0.3 is 5.97 Å². The van der Waals surface area contributed by atoms with Crippen molar-refractivity contribution < 1.29 is 28.2 Å². The minimum absolute atomic E-state index is 0.0492. The number of rotatable bonds is 6. The van der Waals surface area contributed by atoms with E-state index in [-0.39, 0.29) is 17.8 Å². The number of pyridine rings is 2. The molecule has 3 heterocycles. The molecule has 33 heavy (non-hydrogen) atoms. The quantitative estimate of drug-likeness (QED) is 0.453. The molecular weight excluding hydrogens is 429 g/mol. The second-order valence-corrected chi connectivity index (χ2v) is 7.78. The summed E-state index contributed by atoms with van der Waals surface area (Å²) in [5.41, 5.74) is 1.93. The summed E-state index contributed by atoms with van der Waals surface area (Å²) < 4.78 is 25.2. The first-order valence-corrected chi connectivity index (χ1v) is 10.5. The van der Waals surface area contributed by atoms with Crippen LogP contribution in [0.4, 0.5) is 4.39 Å². The lowest BCUT2D eigenvalue weighted by Crippen LogP contribution is -2.50. The van der Waals surface area contributed by atoms with Crippen molar-refractivity contribution >= 4 is 29.1 Å². The summed E-state index contributed by atoms with van der Waals surface area (Å²) in [4.78, 5) is 43.6. The van der Waals surface area contributed by atoms with Crippen molar-refractivity contribution in [2.45, 2.75) is 31.9 Å². The molecule has 1 N–H and O–H groups in total. The van der Waals surface area contributed by atoms with Crippen molar-refractivity contribution in [1.29, 1.82) is 0 Å². The molecule has 4 rings (SSSR count). The van der Waals surface area contributed by atoms with Crippen LogP contribution in [-0.2, 0) is 20.7 Å². The predicted octanol–water partition coefficient (Wildman–Crippen LogP) is 2.62. The van der Waals surface area contributed by atoms with Crippen molar-refractivity contribution in [2.24, 2.45) is 0 Å². The average Bonchev–Trinajstić information content (AvgIpc) is 2.81. The molecule has 9 heteroatoms. The van der Waals surface area contributed by atoms with Gasteiger partial charge in [-0.2, -0.15) is 0 Å². The first-order valence-electron chi connectivity index (χ1n) is 10.5. The number of amides is 1. The molecule has 0 radical (unpaired) electrons. The van der Waals surface area contributed by atoms with E-state index in [1.807, 2.05) is 0 Å². The van der Waals surface area contributed by atoms with E-state index >= 15 is 0 Å². The fourth-order valence-electron chi connectivity index (χ4n) is 3.82. The number of hydrogen-bond acceptors (Lipinski definition) is 7. The summed E-state index contributed by atoms with van der Waals surface area (Å²) in [6.45, 7) is 1.89. The number of carbonyl (C=O) groups is 3. The highest BCUT2D eigenvalue weighted by Gasteiger charge is 2.30. The van der Waals surface area contributed by atoms with Crippen molar-refractivity contribution in [3.63, 3.8) is 0 Å². The Kier molecular flexibility index (Phi) is 6.69. The maximum Gasteiger partial charge on any atom is 0.303 e. The van der Waals surface area contributed by atoms with Gasteiger partial charge in [-0.1, -0.05) is 18.2 Å². The van der Waals surface area contributed by atoms with Crippen LogP contribution in [0, 0.1) is 5.82 Å². The Hall–Kier alpha value is -3.72. The van der Waals surface area contributed by atoms with Crippen LogP contribution in [0.25, 0.3) is 10.9 Å². The van der Waals surface area contributed by atoms with Crippen LogP contribution in [0.1, 0.15) is 45.4 Å². The number of ether oxygens (including phenoxy) is 2. The van der Waals surface area contributed by atoms with Gasteiger partial charge in [-0.3, -0.25) is 19.4 Å². The highest BCUT2D eigenvalue weighted by atomic mass is 19.1. The summed E-state index contributed by atoms with van der Waals surface area (Å²) in [7, 11) is 0. The third kappa shape index (κ3) is 5.20. The second-order valence-electron chi connectivity index (χ2n) is 7.78. The zero-order chi connectivity index (χ0) is 23.4. The van der Waals surface area contributed by atoms with Crippen LogP contribution in [0.2, 0.25) is 0 Å². The number of carbonyl (C=O) groups excluding carboxylic acids is 3. The Bertz CT molecular complexity index is 1200. The molecule has 1 fully saturated rings. The van der Waals surface area contributed by atoms with E-state index in [4.69, 9.17) is 9.47 Å². The largest absolute Gasteiger partial charge is 0.458 e. The van der Waals surface area contributed by atoms with Crippen LogP contribution in [-0.4, -0.2) is 53.5 Å². The predicted molar refractivity (Wildman–Crippen MR) is 116 cm³/mol. The van der Waals surface area contributed by atoms with Crippen LogP contribution >= 0.6 is 0 Å². The van der Waals surface area contributed by atoms with E-state index < -0.39 is 29.8 Å². The first kappa shape index (κ1) is 22.5. The zero-order valence-corrected chi connectivity index (χ0v) is 17.9. The Morgan fingerprint density at radius 2 is 2.15 bits per heavy atom. The monoisotopic (exact) mass is 451 g/mol. The third-order valence-corrected chi connectivity index (χ3v) is 5.41. The summed E-state index contributed by atoms with van der Waals surface area (Å²) in [6.07, 6.45) is 2.44. The van der Waals surface area contributed by atoms with Gasteiger partial charge < -0.3 is 14.8 Å².